The van der Waals surface area contributed by atoms with Crippen LogP contribution in [0.1, 0.15) is 6.92 Å². The largest absolute Gasteiger partial charge is 0.440 e. The molecule has 0 bridgehead atoms. The average molecular weight is 141 g/mol. The molecule has 56 valence electrons. The average Bonchev–Trinajstić information content (AvgIpc) is 2.17. The summed E-state index contributed by atoms with van der Waals surface area (Å²) >= 11 is 0. The van der Waals surface area contributed by atoms with Crippen LogP contribution in [-0.4, -0.2) is 30.2 Å². The van der Waals surface area contributed by atoms with E-state index >= 15 is 0 Å². The standard InChI is InChI=1S/C7H11NO2/c1-4-6-5(2)8(3)7(9)10-6/h4-6H,1H2,2-3H3/t5-,6-/m1/s1. The molecular weight excluding hydrogens is 130 g/mol. The number of amides is 1. The number of carbonyl (C=O) groups is 1. The molecule has 1 aliphatic rings. The van der Waals surface area contributed by atoms with Crippen molar-refractivity contribution in [1.29, 1.82) is 0 Å². The third kappa shape index (κ3) is 0.875. The van der Waals surface area contributed by atoms with Crippen molar-refractivity contribution in [3.8, 4) is 0 Å². The van der Waals surface area contributed by atoms with Crippen LogP contribution in [0.25, 0.3) is 0 Å². The first-order valence-corrected chi connectivity index (χ1v) is 3.23. The highest BCUT2D eigenvalue weighted by Crippen LogP contribution is 2.16. The highest BCUT2D eigenvalue weighted by molar-refractivity contribution is 5.70. The van der Waals surface area contributed by atoms with Gasteiger partial charge in [-0.15, -0.1) is 0 Å². The summed E-state index contributed by atoms with van der Waals surface area (Å²) in [6.07, 6.45) is 1.24. The van der Waals surface area contributed by atoms with Crippen molar-refractivity contribution in [2.24, 2.45) is 0 Å². The fraction of sp³-hybridized carbons (Fsp3) is 0.571. The topological polar surface area (TPSA) is 29.5 Å². The van der Waals surface area contributed by atoms with Crippen molar-refractivity contribution in [3.05, 3.63) is 12.7 Å². The van der Waals surface area contributed by atoms with Crippen LogP contribution in [0.2, 0.25) is 0 Å². The molecule has 1 heterocycles. The molecule has 1 amide bonds. The number of cyclic esters (lactones) is 1. The zero-order chi connectivity index (χ0) is 7.72. The van der Waals surface area contributed by atoms with Crippen LogP contribution in [0.3, 0.4) is 0 Å². The molecule has 3 nitrogen and oxygen atoms in total. The van der Waals surface area contributed by atoms with Gasteiger partial charge in [0, 0.05) is 7.05 Å². The third-order valence-electron chi connectivity index (χ3n) is 1.84. The minimum absolute atomic E-state index is 0.116. The van der Waals surface area contributed by atoms with Gasteiger partial charge in [0.15, 0.2) is 0 Å². The number of ether oxygens (including phenoxy) is 1. The second kappa shape index (κ2) is 2.33. The number of rotatable bonds is 1. The quantitative estimate of drug-likeness (QED) is 0.510. The summed E-state index contributed by atoms with van der Waals surface area (Å²) in [5, 5.41) is 0. The van der Waals surface area contributed by atoms with E-state index < -0.39 is 0 Å². The molecule has 0 aromatic heterocycles. The van der Waals surface area contributed by atoms with Crippen LogP contribution in [-0.2, 0) is 4.74 Å². The van der Waals surface area contributed by atoms with Gasteiger partial charge in [0.1, 0.15) is 6.10 Å². The highest BCUT2D eigenvalue weighted by Gasteiger charge is 2.33. The predicted octanol–water partition coefficient (Wildman–Crippen LogP) is 1.01. The molecule has 0 aliphatic carbocycles. The molecule has 0 N–H and O–H groups in total. The molecule has 2 atom stereocenters. The van der Waals surface area contributed by atoms with E-state index in [0.29, 0.717) is 0 Å². The second-order valence-corrected chi connectivity index (χ2v) is 2.44. The Morgan fingerprint density at radius 3 is 2.60 bits per heavy atom. The van der Waals surface area contributed by atoms with Crippen LogP contribution in [0.15, 0.2) is 12.7 Å². The van der Waals surface area contributed by atoms with E-state index in [9.17, 15) is 4.79 Å². The van der Waals surface area contributed by atoms with E-state index in [-0.39, 0.29) is 18.2 Å². The Balaban J connectivity index is 2.70. The van der Waals surface area contributed by atoms with Crippen molar-refractivity contribution < 1.29 is 9.53 Å². The Bertz CT molecular complexity index is 167. The molecule has 3 heteroatoms. The lowest BCUT2D eigenvalue weighted by Crippen LogP contribution is -2.29. The first kappa shape index (κ1) is 7.12. The molecule has 0 saturated carbocycles. The lowest BCUT2D eigenvalue weighted by atomic mass is 10.2. The van der Waals surface area contributed by atoms with Crippen LogP contribution in [0.5, 0.6) is 0 Å². The SMILES string of the molecule is C=C[C@H]1OC(=O)N(C)[C@@H]1C. The highest BCUT2D eigenvalue weighted by atomic mass is 16.6. The van der Waals surface area contributed by atoms with Gasteiger partial charge in [-0.1, -0.05) is 6.58 Å². The molecule has 1 fully saturated rings. The zero-order valence-electron chi connectivity index (χ0n) is 6.20. The van der Waals surface area contributed by atoms with Gasteiger partial charge in [0.25, 0.3) is 0 Å². The summed E-state index contributed by atoms with van der Waals surface area (Å²) in [4.78, 5) is 12.4. The molecule has 0 radical (unpaired) electrons. The maximum atomic E-state index is 10.8. The molecule has 1 saturated heterocycles. The van der Waals surface area contributed by atoms with Crippen molar-refractivity contribution in [2.45, 2.75) is 19.1 Å². The van der Waals surface area contributed by atoms with Gasteiger partial charge < -0.3 is 9.64 Å². The van der Waals surface area contributed by atoms with Crippen LogP contribution < -0.4 is 0 Å². The lowest BCUT2D eigenvalue weighted by molar-refractivity contribution is 0.148. The van der Waals surface area contributed by atoms with Gasteiger partial charge in [0.2, 0.25) is 0 Å². The predicted molar refractivity (Wildman–Crippen MR) is 37.7 cm³/mol. The van der Waals surface area contributed by atoms with Gasteiger partial charge in [-0.3, -0.25) is 0 Å². The lowest BCUT2D eigenvalue weighted by Gasteiger charge is -2.12. The molecule has 1 rings (SSSR count). The van der Waals surface area contributed by atoms with Gasteiger partial charge in [0.05, 0.1) is 6.04 Å². The summed E-state index contributed by atoms with van der Waals surface area (Å²) in [6, 6.07) is 0.116. The van der Waals surface area contributed by atoms with E-state index in [1.54, 1.807) is 18.0 Å². The Labute approximate surface area is 60.3 Å². The first-order chi connectivity index (χ1) is 4.66. The fourth-order valence-electron chi connectivity index (χ4n) is 0.930. The monoisotopic (exact) mass is 141 g/mol. The van der Waals surface area contributed by atoms with Gasteiger partial charge in [-0.25, -0.2) is 4.79 Å². The molecule has 0 aromatic rings. The number of nitrogens with zero attached hydrogens (tertiary/aromatic N) is 1. The molecule has 1 aliphatic heterocycles. The van der Waals surface area contributed by atoms with Crippen LogP contribution >= 0.6 is 0 Å². The maximum absolute atomic E-state index is 10.8. The molecule has 0 aromatic carbocycles. The fourth-order valence-corrected chi connectivity index (χ4v) is 0.930. The Hall–Kier alpha value is -0.990. The van der Waals surface area contributed by atoms with Crippen LogP contribution in [0.4, 0.5) is 4.79 Å². The maximum Gasteiger partial charge on any atom is 0.410 e. The zero-order valence-corrected chi connectivity index (χ0v) is 6.20. The van der Waals surface area contributed by atoms with Crippen molar-refractivity contribution in [3.63, 3.8) is 0 Å². The van der Waals surface area contributed by atoms with Gasteiger partial charge in [-0.2, -0.15) is 0 Å². The number of carbonyl (C=O) groups excluding carboxylic acids is 1. The second-order valence-electron chi connectivity index (χ2n) is 2.44. The minimum atomic E-state index is -0.266. The summed E-state index contributed by atoms with van der Waals surface area (Å²) in [6.45, 7) is 5.49. The van der Waals surface area contributed by atoms with Crippen molar-refractivity contribution >= 4 is 6.09 Å². The van der Waals surface area contributed by atoms with E-state index in [0.717, 1.165) is 0 Å². The number of hydrogen-bond acceptors (Lipinski definition) is 2. The van der Waals surface area contributed by atoms with Crippen molar-refractivity contribution in [1.82, 2.24) is 4.90 Å². The summed E-state index contributed by atoms with van der Waals surface area (Å²) in [5.41, 5.74) is 0. The van der Waals surface area contributed by atoms with Crippen LogP contribution in [0, 0.1) is 0 Å². The molecular formula is C7H11NO2. The Kier molecular flexibility index (Phi) is 1.66. The summed E-state index contributed by atoms with van der Waals surface area (Å²) in [5.74, 6) is 0. The normalized spacial score (nSPS) is 32.2. The van der Waals surface area contributed by atoms with Gasteiger partial charge >= 0.3 is 6.09 Å². The van der Waals surface area contributed by atoms with E-state index in [4.69, 9.17) is 4.74 Å². The van der Waals surface area contributed by atoms with E-state index in [2.05, 4.69) is 6.58 Å². The summed E-state index contributed by atoms with van der Waals surface area (Å²) in [7, 11) is 1.72. The Morgan fingerprint density at radius 1 is 1.80 bits per heavy atom. The van der Waals surface area contributed by atoms with E-state index in [1.807, 2.05) is 6.92 Å². The van der Waals surface area contributed by atoms with Gasteiger partial charge in [-0.05, 0) is 13.0 Å². The molecule has 0 spiro atoms. The molecule has 10 heavy (non-hydrogen) atoms. The third-order valence-corrected chi connectivity index (χ3v) is 1.84. The number of hydrogen-bond donors (Lipinski definition) is 0. The summed E-state index contributed by atoms with van der Waals surface area (Å²) < 4.78 is 4.90. The first-order valence-electron chi connectivity index (χ1n) is 3.23. The smallest absolute Gasteiger partial charge is 0.410 e. The molecule has 0 unspecified atom stereocenters. The van der Waals surface area contributed by atoms with E-state index in [1.165, 1.54) is 0 Å². The van der Waals surface area contributed by atoms with Crippen molar-refractivity contribution in [2.75, 3.05) is 7.05 Å². The minimum Gasteiger partial charge on any atom is -0.440 e. The number of likely N-dealkylation sites (N-methyl/N-ethyl adjacent to an activating group) is 1. The Morgan fingerprint density at radius 2 is 2.40 bits per heavy atom.